The third kappa shape index (κ3) is 4.00. The first kappa shape index (κ1) is 23.3. The Bertz CT molecular complexity index is 1460. The second kappa shape index (κ2) is 8.85. The van der Waals surface area contributed by atoms with Gasteiger partial charge in [0.15, 0.2) is 0 Å². The van der Waals surface area contributed by atoms with E-state index in [0.717, 1.165) is 33.2 Å². The normalized spacial score (nSPS) is 15.9. The molecular formula is C27H25ClN4O2. The third-order valence-electron chi connectivity index (χ3n) is 6.18. The maximum atomic E-state index is 13.6. The number of aromatic nitrogens is 1. The number of benzene rings is 2. The van der Waals surface area contributed by atoms with Crippen LogP contribution >= 0.6 is 11.6 Å². The molecule has 0 radical (unpaired) electrons. The van der Waals surface area contributed by atoms with E-state index < -0.39 is 11.8 Å². The standard InChI is InChI=1S/C27H25ClN4O2/c1-13-6-9-21(16(4)10-13)31-27(33)22-17(5)34-26(30)20(12-29)23(22)19-11-18-14(2)7-8-15(3)24(18)32-25(19)28/h6-11,23H,30H2,1-5H3,(H,31,33). The Morgan fingerprint density at radius 1 is 1.09 bits per heavy atom. The molecule has 0 spiro atoms. The minimum Gasteiger partial charge on any atom is -0.445 e. The number of anilines is 1. The summed E-state index contributed by atoms with van der Waals surface area (Å²) in [6.45, 7) is 9.51. The topological polar surface area (TPSA) is 101 Å². The number of allylic oxidation sites excluding steroid dienone is 2. The van der Waals surface area contributed by atoms with Crippen molar-refractivity contribution in [2.24, 2.45) is 5.73 Å². The summed E-state index contributed by atoms with van der Waals surface area (Å²) in [6.07, 6.45) is 0. The molecule has 1 aromatic heterocycles. The number of nitriles is 1. The van der Waals surface area contributed by atoms with Crippen LogP contribution in [-0.2, 0) is 9.53 Å². The van der Waals surface area contributed by atoms with Crippen molar-refractivity contribution in [2.45, 2.75) is 40.5 Å². The van der Waals surface area contributed by atoms with Gasteiger partial charge < -0.3 is 15.8 Å². The van der Waals surface area contributed by atoms with Crippen LogP contribution in [0.2, 0.25) is 5.15 Å². The number of pyridine rings is 1. The summed E-state index contributed by atoms with van der Waals surface area (Å²) in [5.74, 6) is -0.966. The molecular weight excluding hydrogens is 448 g/mol. The van der Waals surface area contributed by atoms with Crippen molar-refractivity contribution in [2.75, 3.05) is 5.32 Å². The van der Waals surface area contributed by atoms with E-state index in [-0.39, 0.29) is 22.2 Å². The molecule has 1 atom stereocenters. The average Bonchev–Trinajstić information content (AvgIpc) is 2.77. The monoisotopic (exact) mass is 472 g/mol. The molecule has 0 bridgehead atoms. The molecule has 3 N–H and O–H groups in total. The molecule has 172 valence electrons. The number of nitrogens with two attached hydrogens (primary N) is 1. The highest BCUT2D eigenvalue weighted by molar-refractivity contribution is 6.31. The Morgan fingerprint density at radius 3 is 2.47 bits per heavy atom. The summed E-state index contributed by atoms with van der Waals surface area (Å²) in [5, 5.41) is 14.0. The van der Waals surface area contributed by atoms with Crippen molar-refractivity contribution < 1.29 is 9.53 Å². The molecule has 0 aliphatic carbocycles. The number of rotatable bonds is 3. The summed E-state index contributed by atoms with van der Waals surface area (Å²) >= 11 is 6.67. The first-order chi connectivity index (χ1) is 16.1. The largest absolute Gasteiger partial charge is 0.445 e. The number of hydrogen-bond acceptors (Lipinski definition) is 5. The number of nitrogens with one attached hydrogen (secondary N) is 1. The average molecular weight is 473 g/mol. The first-order valence-electron chi connectivity index (χ1n) is 10.9. The molecule has 0 saturated heterocycles. The lowest BCUT2D eigenvalue weighted by Gasteiger charge is -2.28. The van der Waals surface area contributed by atoms with Gasteiger partial charge in [0, 0.05) is 16.6 Å². The predicted octanol–water partition coefficient (Wildman–Crippen LogP) is 5.84. The molecule has 1 aliphatic rings. The Hall–Kier alpha value is -3.82. The summed E-state index contributed by atoms with van der Waals surface area (Å²) < 4.78 is 5.62. The lowest BCUT2D eigenvalue weighted by molar-refractivity contribution is -0.113. The molecule has 7 heteroatoms. The number of fused-ring (bicyclic) bond motifs is 1. The molecule has 2 heterocycles. The van der Waals surface area contributed by atoms with Gasteiger partial charge in [-0.3, -0.25) is 4.79 Å². The summed E-state index contributed by atoms with van der Waals surface area (Å²) in [4.78, 5) is 18.2. The number of aryl methyl sites for hydroxylation is 4. The molecule has 0 fully saturated rings. The highest BCUT2D eigenvalue weighted by atomic mass is 35.5. The van der Waals surface area contributed by atoms with Crippen LogP contribution in [0.3, 0.4) is 0 Å². The third-order valence-corrected chi connectivity index (χ3v) is 6.48. The summed E-state index contributed by atoms with van der Waals surface area (Å²) in [6, 6.07) is 13.8. The molecule has 2 aromatic carbocycles. The molecule has 1 amide bonds. The fourth-order valence-corrected chi connectivity index (χ4v) is 4.61. The van der Waals surface area contributed by atoms with Crippen LogP contribution < -0.4 is 11.1 Å². The van der Waals surface area contributed by atoms with Gasteiger partial charge in [0.1, 0.15) is 22.6 Å². The summed E-state index contributed by atoms with van der Waals surface area (Å²) in [7, 11) is 0. The first-order valence-corrected chi connectivity index (χ1v) is 11.2. The van der Waals surface area contributed by atoms with Gasteiger partial charge in [-0.2, -0.15) is 5.26 Å². The van der Waals surface area contributed by atoms with Gasteiger partial charge in [-0.15, -0.1) is 0 Å². The van der Waals surface area contributed by atoms with E-state index in [1.807, 2.05) is 64.1 Å². The fourth-order valence-electron chi connectivity index (χ4n) is 4.36. The molecule has 3 aromatic rings. The fraction of sp³-hybridized carbons (Fsp3) is 0.222. The number of carbonyl (C=O) groups excluding carboxylic acids is 1. The van der Waals surface area contributed by atoms with E-state index in [0.29, 0.717) is 17.0 Å². The van der Waals surface area contributed by atoms with Crippen LogP contribution in [0.1, 0.15) is 40.7 Å². The molecule has 1 unspecified atom stereocenters. The zero-order valence-electron chi connectivity index (χ0n) is 19.7. The van der Waals surface area contributed by atoms with Gasteiger partial charge in [0.2, 0.25) is 5.88 Å². The second-order valence-corrected chi connectivity index (χ2v) is 8.99. The highest BCUT2D eigenvalue weighted by Crippen LogP contribution is 2.43. The van der Waals surface area contributed by atoms with E-state index in [9.17, 15) is 10.1 Å². The number of ether oxygens (including phenoxy) is 1. The zero-order chi connectivity index (χ0) is 24.7. The van der Waals surface area contributed by atoms with Crippen LogP contribution in [0.25, 0.3) is 10.9 Å². The zero-order valence-corrected chi connectivity index (χ0v) is 20.5. The Balaban J connectivity index is 1.89. The minimum absolute atomic E-state index is 0.0507. The molecule has 34 heavy (non-hydrogen) atoms. The Labute approximate surface area is 203 Å². The van der Waals surface area contributed by atoms with Crippen molar-refractivity contribution in [3.63, 3.8) is 0 Å². The van der Waals surface area contributed by atoms with Crippen molar-refractivity contribution in [3.8, 4) is 6.07 Å². The maximum absolute atomic E-state index is 13.6. The lowest BCUT2D eigenvalue weighted by Crippen LogP contribution is -2.28. The van der Waals surface area contributed by atoms with Gasteiger partial charge >= 0.3 is 0 Å². The second-order valence-electron chi connectivity index (χ2n) is 8.63. The van der Waals surface area contributed by atoms with E-state index >= 15 is 0 Å². The SMILES string of the molecule is CC1=C(C(=O)Nc2ccc(C)cc2C)C(c2cc3c(C)ccc(C)c3nc2Cl)C(C#N)=C(N)O1. The molecule has 1 aliphatic heterocycles. The maximum Gasteiger partial charge on any atom is 0.256 e. The number of hydrogen-bond donors (Lipinski definition) is 2. The van der Waals surface area contributed by atoms with Crippen LogP contribution in [0, 0.1) is 39.0 Å². The van der Waals surface area contributed by atoms with Crippen molar-refractivity contribution in [1.82, 2.24) is 4.98 Å². The quantitative estimate of drug-likeness (QED) is 0.466. The van der Waals surface area contributed by atoms with Gasteiger partial charge in [-0.05, 0) is 63.4 Å². The van der Waals surface area contributed by atoms with Gasteiger partial charge in [0.05, 0.1) is 17.0 Å². The molecule has 6 nitrogen and oxygen atoms in total. The summed E-state index contributed by atoms with van der Waals surface area (Å²) in [5.41, 5.74) is 12.4. The minimum atomic E-state index is -0.825. The van der Waals surface area contributed by atoms with E-state index in [2.05, 4.69) is 16.4 Å². The van der Waals surface area contributed by atoms with Gasteiger partial charge in [-0.1, -0.05) is 41.4 Å². The van der Waals surface area contributed by atoms with Crippen molar-refractivity contribution in [1.29, 1.82) is 5.26 Å². The van der Waals surface area contributed by atoms with Crippen molar-refractivity contribution >= 4 is 34.1 Å². The van der Waals surface area contributed by atoms with Crippen molar-refractivity contribution in [3.05, 3.63) is 92.2 Å². The number of halogens is 1. The predicted molar refractivity (Wildman–Crippen MR) is 134 cm³/mol. The van der Waals surface area contributed by atoms with E-state index in [1.165, 1.54) is 0 Å². The van der Waals surface area contributed by atoms with E-state index in [1.54, 1.807) is 6.92 Å². The van der Waals surface area contributed by atoms with Crippen LogP contribution in [0.5, 0.6) is 0 Å². The number of nitrogens with zero attached hydrogens (tertiary/aromatic N) is 2. The van der Waals surface area contributed by atoms with E-state index in [4.69, 9.17) is 22.1 Å². The van der Waals surface area contributed by atoms with Gasteiger partial charge in [-0.25, -0.2) is 4.98 Å². The van der Waals surface area contributed by atoms with Gasteiger partial charge in [0.25, 0.3) is 5.91 Å². The Morgan fingerprint density at radius 2 is 1.79 bits per heavy atom. The molecule has 4 rings (SSSR count). The smallest absolute Gasteiger partial charge is 0.256 e. The molecule has 0 saturated carbocycles. The van der Waals surface area contributed by atoms with Crippen LogP contribution in [-0.4, -0.2) is 10.9 Å². The highest BCUT2D eigenvalue weighted by Gasteiger charge is 2.37. The van der Waals surface area contributed by atoms with Crippen LogP contribution in [0.4, 0.5) is 5.69 Å². The number of amides is 1. The number of carbonyl (C=O) groups is 1. The van der Waals surface area contributed by atoms with Crippen LogP contribution in [0.15, 0.2) is 59.2 Å². The Kier molecular flexibility index (Phi) is 6.07. The lowest BCUT2D eigenvalue weighted by atomic mass is 9.82.